The first-order chi connectivity index (χ1) is 38.0. The summed E-state index contributed by atoms with van der Waals surface area (Å²) in [7, 11) is 0. The summed E-state index contributed by atoms with van der Waals surface area (Å²) in [5, 5.41) is 6.58. The van der Waals surface area contributed by atoms with Crippen LogP contribution in [0.2, 0.25) is 0 Å². The van der Waals surface area contributed by atoms with Crippen molar-refractivity contribution >= 4 is 82.7 Å². The molecule has 0 radical (unpaired) electrons. The molecule has 0 aliphatic carbocycles. The maximum Gasteiger partial charge on any atom is 0.235 e. The summed E-state index contributed by atoms with van der Waals surface area (Å²) in [6.07, 6.45) is 3.91. The van der Waals surface area contributed by atoms with Crippen molar-refractivity contribution in [2.45, 2.75) is 0 Å². The molecule has 0 saturated carbocycles. The van der Waals surface area contributed by atoms with Gasteiger partial charge in [-0.2, -0.15) is 0 Å². The van der Waals surface area contributed by atoms with Crippen LogP contribution in [0, 0.1) is 0 Å². The van der Waals surface area contributed by atoms with E-state index in [4.69, 9.17) is 19.4 Å². The Labute approximate surface area is 444 Å². The topological polar surface area (TPSA) is 61.1 Å². The average Bonchev–Trinajstić information content (AvgIpc) is 4.29. The molecule has 0 aliphatic rings. The molecule has 6 nitrogen and oxygen atoms in total. The van der Waals surface area contributed by atoms with Gasteiger partial charge in [0.15, 0.2) is 0 Å². The van der Waals surface area contributed by atoms with E-state index in [1.807, 2.05) is 54.6 Å². The van der Waals surface area contributed by atoms with Crippen molar-refractivity contribution in [1.29, 1.82) is 0 Å². The first kappa shape index (κ1) is 45.2. The highest BCUT2D eigenvalue weighted by molar-refractivity contribution is 6.19. The molecule has 14 rings (SSSR count). The van der Waals surface area contributed by atoms with Crippen molar-refractivity contribution in [3.8, 4) is 50.7 Å². The molecule has 4 heterocycles. The standard InChI is InChI=1S/C71H47N5O/c1-3-69(72-60(48-23-10-5-11-24-48)41-46(2)47-21-8-4-9-22-47)75-63-32-18-16-29-55(63)57-38-35-52(43-65(57)75)51-37-40-67-59(42-51)70-54(31-20-34-68(70)77-67)53-36-39-58-56-30-17-19-33-64(56)76(66(58)44-53)71-73-61(49-25-12-6-13-26-49)45-62(74-71)50-27-14-7-15-28-50/h3-45H,1-2H2/b60-41-,72-69+. The first-order valence-electron chi connectivity index (χ1n) is 25.8. The Morgan fingerprint density at radius 1 is 0.429 bits per heavy atom. The Morgan fingerprint density at radius 3 is 1.66 bits per heavy atom. The van der Waals surface area contributed by atoms with E-state index in [0.717, 1.165) is 133 Å². The van der Waals surface area contributed by atoms with Gasteiger partial charge in [0.2, 0.25) is 5.95 Å². The van der Waals surface area contributed by atoms with Crippen LogP contribution in [0.25, 0.3) is 128 Å². The second kappa shape index (κ2) is 18.8. The predicted molar refractivity (Wildman–Crippen MR) is 321 cm³/mol. The van der Waals surface area contributed by atoms with Gasteiger partial charge < -0.3 is 4.42 Å². The van der Waals surface area contributed by atoms with E-state index in [-0.39, 0.29) is 0 Å². The Morgan fingerprint density at radius 2 is 0.974 bits per heavy atom. The van der Waals surface area contributed by atoms with E-state index >= 15 is 0 Å². The van der Waals surface area contributed by atoms with Gasteiger partial charge in [-0.25, -0.2) is 15.0 Å². The summed E-state index contributed by atoms with van der Waals surface area (Å²) in [6.45, 7) is 8.80. The van der Waals surface area contributed by atoms with Crippen molar-refractivity contribution in [3.05, 3.63) is 285 Å². The molecule has 0 bridgehead atoms. The van der Waals surface area contributed by atoms with Gasteiger partial charge in [0.25, 0.3) is 0 Å². The molecule has 0 fully saturated rings. The van der Waals surface area contributed by atoms with Crippen LogP contribution in [0.5, 0.6) is 0 Å². The zero-order valence-corrected chi connectivity index (χ0v) is 41.9. The number of aromatic nitrogens is 4. The van der Waals surface area contributed by atoms with Gasteiger partial charge in [-0.15, -0.1) is 0 Å². The van der Waals surface area contributed by atoms with Gasteiger partial charge in [0.1, 0.15) is 17.0 Å². The molecular formula is C71H47N5O. The van der Waals surface area contributed by atoms with Gasteiger partial charge in [0.05, 0.1) is 39.2 Å². The summed E-state index contributed by atoms with van der Waals surface area (Å²) in [4.78, 5) is 16.0. The lowest BCUT2D eigenvalue weighted by molar-refractivity contribution is 0.669. The van der Waals surface area contributed by atoms with Gasteiger partial charge in [-0.1, -0.05) is 213 Å². The van der Waals surface area contributed by atoms with Gasteiger partial charge in [0, 0.05) is 49.0 Å². The third-order valence-electron chi connectivity index (χ3n) is 14.7. The number of benzene rings is 10. The fourth-order valence-electron chi connectivity index (χ4n) is 11.0. The number of nitrogens with zero attached hydrogens (tertiary/aromatic N) is 5. The minimum atomic E-state index is 0.606. The molecule has 362 valence electrons. The summed E-state index contributed by atoms with van der Waals surface area (Å²) in [5.41, 5.74) is 17.4. The van der Waals surface area contributed by atoms with Crippen molar-refractivity contribution in [3.63, 3.8) is 0 Å². The molecule has 77 heavy (non-hydrogen) atoms. The fraction of sp³-hybridized carbons (Fsp3) is 0. The second-order valence-electron chi connectivity index (χ2n) is 19.3. The van der Waals surface area contributed by atoms with Gasteiger partial charge >= 0.3 is 0 Å². The fourth-order valence-corrected chi connectivity index (χ4v) is 11.0. The van der Waals surface area contributed by atoms with Crippen LogP contribution in [0.1, 0.15) is 11.1 Å². The summed E-state index contributed by atoms with van der Waals surface area (Å²) in [6, 6.07) is 86.7. The number of rotatable bonds is 10. The number of aliphatic imine (C=N–C) groups is 1. The van der Waals surface area contributed by atoms with Crippen LogP contribution < -0.4 is 0 Å². The number of furan rings is 1. The number of para-hydroxylation sites is 2. The van der Waals surface area contributed by atoms with Crippen molar-refractivity contribution < 1.29 is 4.42 Å². The van der Waals surface area contributed by atoms with Crippen LogP contribution >= 0.6 is 0 Å². The lowest BCUT2D eigenvalue weighted by Gasteiger charge is -2.12. The minimum Gasteiger partial charge on any atom is -0.456 e. The van der Waals surface area contributed by atoms with Crippen LogP contribution in [0.4, 0.5) is 0 Å². The smallest absolute Gasteiger partial charge is 0.235 e. The zero-order valence-electron chi connectivity index (χ0n) is 41.9. The van der Waals surface area contributed by atoms with Crippen LogP contribution in [0.15, 0.2) is 283 Å². The molecule has 14 aromatic rings. The summed E-state index contributed by atoms with van der Waals surface area (Å²) in [5.74, 6) is 1.31. The first-order valence-corrected chi connectivity index (χ1v) is 25.8. The third kappa shape index (κ3) is 7.95. The number of hydrogen-bond acceptors (Lipinski definition) is 4. The Hall–Kier alpha value is -10.4. The highest BCUT2D eigenvalue weighted by Gasteiger charge is 2.21. The highest BCUT2D eigenvalue weighted by Crippen LogP contribution is 2.42. The Bertz CT molecular complexity index is 4640. The zero-order chi connectivity index (χ0) is 51.4. The molecule has 4 aromatic heterocycles. The van der Waals surface area contributed by atoms with E-state index in [1.165, 1.54) is 0 Å². The Balaban J connectivity index is 0.916. The third-order valence-corrected chi connectivity index (χ3v) is 14.7. The Kier molecular flexibility index (Phi) is 11.0. The molecule has 0 unspecified atom stereocenters. The van der Waals surface area contributed by atoms with Crippen LogP contribution in [-0.4, -0.2) is 24.9 Å². The minimum absolute atomic E-state index is 0.606. The molecular weight excluding hydrogens is 939 g/mol. The van der Waals surface area contributed by atoms with Crippen molar-refractivity contribution in [1.82, 2.24) is 19.1 Å². The molecule has 10 aromatic carbocycles. The predicted octanol–water partition coefficient (Wildman–Crippen LogP) is 18.4. The number of allylic oxidation sites excluding steroid dienone is 3. The number of fused-ring (bicyclic) bond motifs is 9. The van der Waals surface area contributed by atoms with E-state index in [1.54, 1.807) is 0 Å². The lowest BCUT2D eigenvalue weighted by Crippen LogP contribution is -2.09. The average molecular weight is 986 g/mol. The quantitative estimate of drug-likeness (QED) is 0.0779. The van der Waals surface area contributed by atoms with E-state index in [9.17, 15) is 0 Å². The van der Waals surface area contributed by atoms with Crippen molar-refractivity contribution in [2.24, 2.45) is 4.99 Å². The lowest BCUT2D eigenvalue weighted by atomic mass is 9.96. The normalized spacial score (nSPS) is 12.2. The SMILES string of the molecule is C=C/C(=N\C(=C/C(=C)c1ccccc1)c1ccccc1)n1c2ccccc2c2ccc(-c3ccc4oc5cccc(-c6ccc7c8ccccc8n(-c8nc(-c9ccccc9)cc(-c9ccccc9)n8)c7c6)c5c4c3)cc21. The molecule has 0 atom stereocenters. The van der Waals surface area contributed by atoms with Gasteiger partial charge in [-0.05, 0) is 94.1 Å². The van der Waals surface area contributed by atoms with Crippen LogP contribution in [-0.2, 0) is 0 Å². The summed E-state index contributed by atoms with van der Waals surface area (Å²) < 4.78 is 11.1. The molecule has 0 N–H and O–H groups in total. The van der Waals surface area contributed by atoms with E-state index in [0.29, 0.717) is 11.8 Å². The highest BCUT2D eigenvalue weighted by atomic mass is 16.3. The monoisotopic (exact) mass is 985 g/mol. The molecule has 0 saturated heterocycles. The second-order valence-corrected chi connectivity index (χ2v) is 19.3. The van der Waals surface area contributed by atoms with E-state index < -0.39 is 0 Å². The molecule has 0 aliphatic heterocycles. The number of hydrogen-bond donors (Lipinski definition) is 0. The molecule has 0 amide bonds. The molecule has 0 spiro atoms. The van der Waals surface area contributed by atoms with Crippen molar-refractivity contribution in [2.75, 3.05) is 0 Å². The largest absolute Gasteiger partial charge is 0.456 e. The van der Waals surface area contributed by atoms with Gasteiger partial charge in [-0.3, -0.25) is 9.13 Å². The van der Waals surface area contributed by atoms with Crippen LogP contribution in [0.3, 0.4) is 0 Å². The van der Waals surface area contributed by atoms with E-state index in [2.05, 4.69) is 229 Å². The maximum absolute atomic E-state index is 6.68. The maximum atomic E-state index is 6.68. The molecule has 6 heteroatoms. The summed E-state index contributed by atoms with van der Waals surface area (Å²) >= 11 is 0.